The van der Waals surface area contributed by atoms with E-state index in [9.17, 15) is 10.2 Å². The first-order valence-electron chi connectivity index (χ1n) is 14.9. The van der Waals surface area contributed by atoms with Crippen molar-refractivity contribution in [1.29, 1.82) is 0 Å². The first kappa shape index (κ1) is 25.2. The third-order valence-corrected chi connectivity index (χ3v) is 10.7. The normalized spacial score (nSPS) is 34.0. The van der Waals surface area contributed by atoms with E-state index in [1.807, 2.05) is 12.1 Å². The van der Waals surface area contributed by atoms with Crippen LogP contribution in [0.15, 0.2) is 42.5 Å². The quantitative estimate of drug-likeness (QED) is 0.444. The van der Waals surface area contributed by atoms with Crippen LogP contribution in [-0.2, 0) is 6.42 Å². The second-order valence-corrected chi connectivity index (χ2v) is 12.7. The van der Waals surface area contributed by atoms with E-state index >= 15 is 0 Å². The SMILES string of the molecule is CCCC(COc1ccc([C@H]2C[C@]3(C)[C@@H](O)CC[C@H]3[C@@H]3CCc4cc(O)ccc4[C@H]32)cc1)N1CCCC1. The van der Waals surface area contributed by atoms with Crippen molar-refractivity contribution in [3.05, 3.63) is 59.2 Å². The number of phenols is 1. The van der Waals surface area contributed by atoms with Crippen molar-refractivity contribution in [2.75, 3.05) is 19.7 Å². The Balaban J connectivity index is 1.26. The number of fused-ring (bicyclic) bond motifs is 5. The van der Waals surface area contributed by atoms with E-state index in [1.54, 1.807) is 0 Å². The lowest BCUT2D eigenvalue weighted by atomic mass is 9.51. The molecule has 0 aromatic heterocycles. The van der Waals surface area contributed by atoms with Gasteiger partial charge in [-0.25, -0.2) is 0 Å². The number of hydrogen-bond acceptors (Lipinski definition) is 4. The zero-order chi connectivity index (χ0) is 25.6. The molecule has 4 aliphatic rings. The molecule has 1 unspecified atom stereocenters. The Hall–Kier alpha value is -2.04. The van der Waals surface area contributed by atoms with Gasteiger partial charge in [0.1, 0.15) is 18.1 Å². The van der Waals surface area contributed by atoms with E-state index < -0.39 is 0 Å². The van der Waals surface area contributed by atoms with Crippen molar-refractivity contribution in [2.24, 2.45) is 17.3 Å². The molecule has 2 saturated carbocycles. The second kappa shape index (κ2) is 10.3. The Morgan fingerprint density at radius 1 is 1.05 bits per heavy atom. The van der Waals surface area contributed by atoms with E-state index in [0.29, 0.717) is 35.5 Å². The molecule has 7 atom stereocenters. The molecule has 4 nitrogen and oxygen atoms in total. The van der Waals surface area contributed by atoms with Crippen LogP contribution in [0.5, 0.6) is 11.5 Å². The fourth-order valence-electron chi connectivity index (χ4n) is 8.81. The number of aliphatic hydroxyl groups is 1. The molecule has 6 rings (SSSR count). The molecule has 4 heteroatoms. The number of phenolic OH excluding ortho intramolecular Hbond substituents is 1. The van der Waals surface area contributed by atoms with E-state index in [2.05, 4.69) is 49.1 Å². The topological polar surface area (TPSA) is 52.9 Å². The van der Waals surface area contributed by atoms with Gasteiger partial charge in [0.2, 0.25) is 0 Å². The number of hydrogen-bond donors (Lipinski definition) is 2. The van der Waals surface area contributed by atoms with Gasteiger partial charge < -0.3 is 14.9 Å². The van der Waals surface area contributed by atoms with Crippen LogP contribution in [0.2, 0.25) is 0 Å². The van der Waals surface area contributed by atoms with Crippen LogP contribution >= 0.6 is 0 Å². The van der Waals surface area contributed by atoms with Crippen molar-refractivity contribution >= 4 is 0 Å². The summed E-state index contributed by atoms with van der Waals surface area (Å²) in [5.41, 5.74) is 4.10. The smallest absolute Gasteiger partial charge is 0.119 e. The van der Waals surface area contributed by atoms with Crippen molar-refractivity contribution < 1.29 is 14.9 Å². The summed E-state index contributed by atoms with van der Waals surface area (Å²) >= 11 is 0. The molecule has 37 heavy (non-hydrogen) atoms. The number of aliphatic hydroxyl groups excluding tert-OH is 1. The molecule has 3 aliphatic carbocycles. The third kappa shape index (κ3) is 4.59. The molecular weight excluding hydrogens is 458 g/mol. The monoisotopic (exact) mass is 503 g/mol. The van der Waals surface area contributed by atoms with Gasteiger partial charge >= 0.3 is 0 Å². The lowest BCUT2D eigenvalue weighted by molar-refractivity contribution is -0.0323. The molecule has 2 N–H and O–H groups in total. The predicted octanol–water partition coefficient (Wildman–Crippen LogP) is 6.65. The maximum absolute atomic E-state index is 11.1. The summed E-state index contributed by atoms with van der Waals surface area (Å²) < 4.78 is 6.35. The summed E-state index contributed by atoms with van der Waals surface area (Å²) in [6.07, 6.45) is 10.1. The standard InChI is InChI=1S/C33H45NO3/c1-3-6-24(34-17-4-5-18-34)21-37-26-11-7-22(8-12-26)29-20-33(2)30(15-16-31(33)36)28-13-9-23-19-25(35)10-14-27(23)32(28)29/h7-8,10-12,14,19,24,28-32,35-36H,3-6,9,13,15-18,20-21H2,1-2H3/t24?,28-,29+,30-,31-,32+,33-/m0/s1. The maximum Gasteiger partial charge on any atom is 0.119 e. The minimum absolute atomic E-state index is 0.0153. The number of ether oxygens (including phenoxy) is 1. The number of aromatic hydroxyl groups is 1. The molecule has 1 heterocycles. The van der Waals surface area contributed by atoms with E-state index in [-0.39, 0.29) is 11.5 Å². The Kier molecular flexibility index (Phi) is 7.00. The van der Waals surface area contributed by atoms with Gasteiger partial charge in [0.05, 0.1) is 6.10 Å². The molecule has 200 valence electrons. The van der Waals surface area contributed by atoms with Gasteiger partial charge in [-0.15, -0.1) is 0 Å². The summed E-state index contributed by atoms with van der Waals surface area (Å²) in [5, 5.41) is 21.3. The summed E-state index contributed by atoms with van der Waals surface area (Å²) in [7, 11) is 0. The van der Waals surface area contributed by atoms with Crippen LogP contribution < -0.4 is 4.74 Å². The molecule has 2 aromatic rings. The highest BCUT2D eigenvalue weighted by Crippen LogP contribution is 2.65. The first-order chi connectivity index (χ1) is 18.0. The largest absolute Gasteiger partial charge is 0.508 e. The average molecular weight is 504 g/mol. The van der Waals surface area contributed by atoms with E-state index in [4.69, 9.17) is 4.74 Å². The van der Waals surface area contributed by atoms with Crippen LogP contribution in [0.1, 0.15) is 93.7 Å². The number of rotatable bonds is 7. The van der Waals surface area contributed by atoms with Gasteiger partial charge in [0.25, 0.3) is 0 Å². The van der Waals surface area contributed by atoms with Crippen molar-refractivity contribution in [3.8, 4) is 11.5 Å². The number of nitrogens with zero attached hydrogens (tertiary/aromatic N) is 1. The summed E-state index contributed by atoms with van der Waals surface area (Å²) in [5.74, 6) is 3.33. The van der Waals surface area contributed by atoms with Crippen LogP contribution in [0.25, 0.3) is 0 Å². The molecular formula is C33H45NO3. The van der Waals surface area contributed by atoms with Crippen LogP contribution in [0, 0.1) is 17.3 Å². The average Bonchev–Trinajstić information content (AvgIpc) is 3.54. The summed E-state index contributed by atoms with van der Waals surface area (Å²) in [4.78, 5) is 2.61. The van der Waals surface area contributed by atoms with E-state index in [0.717, 1.165) is 44.5 Å². The van der Waals surface area contributed by atoms with Crippen molar-refractivity contribution in [2.45, 2.75) is 95.6 Å². The molecule has 0 spiro atoms. The predicted molar refractivity (Wildman–Crippen MR) is 148 cm³/mol. The highest BCUT2D eigenvalue weighted by atomic mass is 16.5. The summed E-state index contributed by atoms with van der Waals surface area (Å²) in [6.45, 7) is 7.81. The fraction of sp³-hybridized carbons (Fsp3) is 0.636. The number of benzene rings is 2. The molecule has 1 saturated heterocycles. The van der Waals surface area contributed by atoms with Crippen molar-refractivity contribution in [3.63, 3.8) is 0 Å². The second-order valence-electron chi connectivity index (χ2n) is 12.7. The molecule has 0 bridgehead atoms. The molecule has 2 aromatic carbocycles. The van der Waals surface area contributed by atoms with Gasteiger partial charge in [0, 0.05) is 6.04 Å². The Morgan fingerprint density at radius 2 is 1.84 bits per heavy atom. The first-order valence-corrected chi connectivity index (χ1v) is 14.9. The lowest BCUT2D eigenvalue weighted by Gasteiger charge is -2.54. The molecule has 3 fully saturated rings. The third-order valence-electron chi connectivity index (χ3n) is 10.7. The van der Waals surface area contributed by atoms with Crippen LogP contribution in [0.4, 0.5) is 0 Å². The van der Waals surface area contributed by atoms with Gasteiger partial charge in [-0.3, -0.25) is 4.90 Å². The highest BCUT2D eigenvalue weighted by Gasteiger charge is 2.57. The van der Waals surface area contributed by atoms with E-state index in [1.165, 1.54) is 55.5 Å². The Bertz CT molecular complexity index is 1080. The maximum atomic E-state index is 11.1. The Morgan fingerprint density at radius 3 is 2.59 bits per heavy atom. The van der Waals surface area contributed by atoms with Crippen LogP contribution in [0.3, 0.4) is 0 Å². The minimum Gasteiger partial charge on any atom is -0.508 e. The van der Waals surface area contributed by atoms with Gasteiger partial charge in [-0.05, 0) is 134 Å². The van der Waals surface area contributed by atoms with Gasteiger partial charge in [-0.1, -0.05) is 38.5 Å². The van der Waals surface area contributed by atoms with Crippen molar-refractivity contribution in [1.82, 2.24) is 4.90 Å². The Labute approximate surface area is 223 Å². The molecule has 0 radical (unpaired) electrons. The number of aryl methyl sites for hydroxylation is 1. The lowest BCUT2D eigenvalue weighted by Crippen LogP contribution is -2.47. The van der Waals surface area contributed by atoms with Gasteiger partial charge in [0.15, 0.2) is 0 Å². The molecule has 1 aliphatic heterocycles. The highest BCUT2D eigenvalue weighted by molar-refractivity contribution is 5.43. The molecule has 0 amide bonds. The van der Waals surface area contributed by atoms with Gasteiger partial charge in [-0.2, -0.15) is 0 Å². The minimum atomic E-state index is -0.203. The zero-order valence-electron chi connectivity index (χ0n) is 22.7. The number of likely N-dealkylation sites (tertiary alicyclic amines) is 1. The van der Waals surface area contributed by atoms with Crippen LogP contribution in [-0.4, -0.2) is 47.0 Å². The summed E-state index contributed by atoms with van der Waals surface area (Å²) in [6, 6.07) is 15.5. The fourth-order valence-corrected chi connectivity index (χ4v) is 8.81. The zero-order valence-corrected chi connectivity index (χ0v) is 22.7.